The van der Waals surface area contributed by atoms with Crippen LogP contribution in [0.2, 0.25) is 0 Å². The summed E-state index contributed by atoms with van der Waals surface area (Å²) in [5, 5.41) is 11.4. The smallest absolute Gasteiger partial charge is 0.264 e. The van der Waals surface area contributed by atoms with E-state index in [1.165, 1.54) is 23.1 Å². The molecule has 0 spiro atoms. The van der Waals surface area contributed by atoms with E-state index >= 15 is 0 Å². The lowest BCUT2D eigenvalue weighted by molar-refractivity contribution is -0.129. The number of para-hydroxylation sites is 1. The normalized spacial score (nSPS) is 13.8. The second-order valence-electron chi connectivity index (χ2n) is 7.78. The Hall–Kier alpha value is -3.43. The molecule has 1 aliphatic heterocycles. The molecule has 0 aliphatic carbocycles. The summed E-state index contributed by atoms with van der Waals surface area (Å²) in [4.78, 5) is 29.9. The molecule has 0 N–H and O–H groups in total. The topological polar surface area (TPSA) is 71.3 Å². The van der Waals surface area contributed by atoms with Gasteiger partial charge in [-0.1, -0.05) is 66.4 Å². The van der Waals surface area contributed by atoms with Crippen LogP contribution in [0.1, 0.15) is 9.67 Å². The number of rotatable bonds is 6. The Morgan fingerprint density at radius 3 is 2.18 bits per heavy atom. The van der Waals surface area contributed by atoms with Gasteiger partial charge in [0.2, 0.25) is 5.91 Å². The lowest BCUT2D eigenvalue weighted by atomic mass is 10.2. The van der Waals surface area contributed by atoms with Gasteiger partial charge in [0.15, 0.2) is 11.0 Å². The van der Waals surface area contributed by atoms with Gasteiger partial charge in [-0.15, -0.1) is 21.5 Å². The van der Waals surface area contributed by atoms with Gasteiger partial charge in [0.25, 0.3) is 5.91 Å². The molecule has 0 radical (unpaired) electrons. The zero-order valence-electron chi connectivity index (χ0n) is 18.4. The highest BCUT2D eigenvalue weighted by atomic mass is 32.2. The van der Waals surface area contributed by atoms with Crippen molar-refractivity contribution in [2.75, 3.05) is 31.9 Å². The van der Waals surface area contributed by atoms with Crippen LogP contribution in [0.25, 0.3) is 17.1 Å². The minimum atomic E-state index is 0.0390. The van der Waals surface area contributed by atoms with E-state index < -0.39 is 0 Å². The Morgan fingerprint density at radius 2 is 1.50 bits per heavy atom. The van der Waals surface area contributed by atoms with Gasteiger partial charge in [-0.2, -0.15) is 0 Å². The molecule has 2 amide bonds. The second-order valence-corrected chi connectivity index (χ2v) is 9.67. The number of hydrogen-bond donors (Lipinski definition) is 0. The molecule has 172 valence electrons. The van der Waals surface area contributed by atoms with Crippen LogP contribution in [0.15, 0.2) is 83.3 Å². The monoisotopic (exact) mass is 489 g/mol. The Kier molecular flexibility index (Phi) is 6.73. The summed E-state index contributed by atoms with van der Waals surface area (Å²) in [6.45, 7) is 2.17. The zero-order chi connectivity index (χ0) is 23.3. The van der Waals surface area contributed by atoms with Gasteiger partial charge in [-0.05, 0) is 23.6 Å². The van der Waals surface area contributed by atoms with Crippen molar-refractivity contribution in [2.45, 2.75) is 5.16 Å². The highest BCUT2D eigenvalue weighted by Gasteiger charge is 2.26. The highest BCUT2D eigenvalue weighted by Crippen LogP contribution is 2.28. The Bertz CT molecular complexity index is 1250. The van der Waals surface area contributed by atoms with Gasteiger partial charge in [0, 0.05) is 37.4 Å². The highest BCUT2D eigenvalue weighted by molar-refractivity contribution is 7.99. The van der Waals surface area contributed by atoms with Gasteiger partial charge in [0.1, 0.15) is 0 Å². The average molecular weight is 490 g/mol. The van der Waals surface area contributed by atoms with Gasteiger partial charge in [-0.25, -0.2) is 0 Å². The summed E-state index contributed by atoms with van der Waals surface area (Å²) in [6.07, 6.45) is 0. The fraction of sp³-hybridized carbons (Fsp3) is 0.200. The first-order valence-corrected chi connectivity index (χ1v) is 12.9. The molecule has 2 aromatic heterocycles. The van der Waals surface area contributed by atoms with Crippen LogP contribution in [0, 0.1) is 0 Å². The van der Waals surface area contributed by atoms with Crippen LogP contribution >= 0.6 is 23.1 Å². The second kappa shape index (κ2) is 10.2. The summed E-state index contributed by atoms with van der Waals surface area (Å²) in [5.41, 5.74) is 1.91. The number of amides is 2. The van der Waals surface area contributed by atoms with Crippen LogP contribution in [0.5, 0.6) is 0 Å². The van der Waals surface area contributed by atoms with Crippen molar-refractivity contribution >= 4 is 34.9 Å². The molecule has 2 aromatic carbocycles. The predicted octanol–water partition coefficient (Wildman–Crippen LogP) is 4.07. The number of hydrogen-bond acceptors (Lipinski definition) is 6. The van der Waals surface area contributed by atoms with Gasteiger partial charge in [-0.3, -0.25) is 14.2 Å². The molecule has 0 saturated carbocycles. The number of carbonyl (C=O) groups is 2. The van der Waals surface area contributed by atoms with Gasteiger partial charge >= 0.3 is 0 Å². The largest absolute Gasteiger partial charge is 0.338 e. The molecule has 34 heavy (non-hydrogen) atoms. The van der Waals surface area contributed by atoms with E-state index in [2.05, 4.69) is 10.2 Å². The van der Waals surface area contributed by atoms with Crippen molar-refractivity contribution in [3.63, 3.8) is 0 Å². The van der Waals surface area contributed by atoms with Crippen LogP contribution in [-0.2, 0) is 4.79 Å². The molecule has 1 fully saturated rings. The maximum absolute atomic E-state index is 12.9. The fourth-order valence-electron chi connectivity index (χ4n) is 3.88. The Balaban J connectivity index is 1.26. The third kappa shape index (κ3) is 4.76. The van der Waals surface area contributed by atoms with Crippen molar-refractivity contribution in [1.29, 1.82) is 0 Å². The molecule has 0 bridgehead atoms. The minimum absolute atomic E-state index is 0.0390. The third-order valence-corrected chi connectivity index (χ3v) is 7.43. The lowest BCUT2D eigenvalue weighted by Crippen LogP contribution is -2.51. The van der Waals surface area contributed by atoms with E-state index in [-0.39, 0.29) is 17.6 Å². The standard InChI is InChI=1S/C25H23N5O2S2/c31-22(28-13-15-29(16-14-28)24(32)21-12-7-17-33-21)18-34-25-27-26-23(19-8-3-1-4-9-19)30(25)20-10-5-2-6-11-20/h1-12,17H,13-16,18H2. The first kappa shape index (κ1) is 22.4. The van der Waals surface area contributed by atoms with Crippen molar-refractivity contribution < 1.29 is 9.59 Å². The molecule has 0 unspecified atom stereocenters. The molecule has 0 atom stereocenters. The molecule has 3 heterocycles. The lowest BCUT2D eigenvalue weighted by Gasteiger charge is -2.34. The van der Waals surface area contributed by atoms with Crippen molar-refractivity contribution in [1.82, 2.24) is 24.6 Å². The van der Waals surface area contributed by atoms with E-state index in [9.17, 15) is 9.59 Å². The maximum atomic E-state index is 12.9. The molecular formula is C25H23N5O2S2. The predicted molar refractivity (Wildman–Crippen MR) is 134 cm³/mol. The zero-order valence-corrected chi connectivity index (χ0v) is 20.0. The van der Waals surface area contributed by atoms with Crippen LogP contribution in [0.4, 0.5) is 0 Å². The van der Waals surface area contributed by atoms with E-state index in [0.29, 0.717) is 31.3 Å². The molecule has 7 nitrogen and oxygen atoms in total. The first-order valence-electron chi connectivity index (χ1n) is 11.0. The number of piperazine rings is 1. The van der Waals surface area contributed by atoms with Gasteiger partial charge < -0.3 is 9.80 Å². The van der Waals surface area contributed by atoms with E-state index in [1.807, 2.05) is 92.5 Å². The van der Waals surface area contributed by atoms with E-state index in [1.54, 1.807) is 0 Å². The van der Waals surface area contributed by atoms with E-state index in [4.69, 9.17) is 0 Å². The molecule has 1 saturated heterocycles. The SMILES string of the molecule is O=C(CSc1nnc(-c2ccccc2)n1-c1ccccc1)N1CCN(C(=O)c2cccs2)CC1. The number of thiophene rings is 1. The summed E-state index contributed by atoms with van der Waals surface area (Å²) in [6, 6.07) is 23.6. The Labute approximate surface area is 206 Å². The van der Waals surface area contributed by atoms with Crippen LogP contribution in [-0.4, -0.2) is 68.3 Å². The molecule has 1 aliphatic rings. The molecule has 5 rings (SSSR count). The number of nitrogens with zero attached hydrogens (tertiary/aromatic N) is 5. The van der Waals surface area contributed by atoms with E-state index in [0.717, 1.165) is 22.0 Å². The van der Waals surface area contributed by atoms with Crippen molar-refractivity contribution in [2.24, 2.45) is 0 Å². The number of thioether (sulfide) groups is 1. The first-order chi connectivity index (χ1) is 16.7. The average Bonchev–Trinajstić information content (AvgIpc) is 3.59. The molecule has 4 aromatic rings. The quantitative estimate of drug-likeness (QED) is 0.382. The Morgan fingerprint density at radius 1 is 0.824 bits per heavy atom. The minimum Gasteiger partial charge on any atom is -0.338 e. The molecule has 9 heteroatoms. The summed E-state index contributed by atoms with van der Waals surface area (Å²) in [7, 11) is 0. The molecular weight excluding hydrogens is 466 g/mol. The van der Waals surface area contributed by atoms with Crippen LogP contribution < -0.4 is 0 Å². The number of benzene rings is 2. The summed E-state index contributed by atoms with van der Waals surface area (Å²) >= 11 is 2.83. The maximum Gasteiger partial charge on any atom is 0.264 e. The summed E-state index contributed by atoms with van der Waals surface area (Å²) in [5.74, 6) is 1.08. The van der Waals surface area contributed by atoms with Gasteiger partial charge in [0.05, 0.1) is 10.6 Å². The van der Waals surface area contributed by atoms with Crippen molar-refractivity contribution in [3.05, 3.63) is 83.1 Å². The van der Waals surface area contributed by atoms with Crippen molar-refractivity contribution in [3.8, 4) is 17.1 Å². The summed E-state index contributed by atoms with van der Waals surface area (Å²) < 4.78 is 1.99. The third-order valence-electron chi connectivity index (χ3n) is 5.66. The fourth-order valence-corrected chi connectivity index (χ4v) is 5.43. The number of carbonyl (C=O) groups excluding carboxylic acids is 2. The van der Waals surface area contributed by atoms with Crippen LogP contribution in [0.3, 0.4) is 0 Å². The number of aromatic nitrogens is 3.